The van der Waals surface area contributed by atoms with Gasteiger partial charge in [-0.2, -0.15) is 0 Å². The minimum absolute atomic E-state index is 1.03. The lowest BCUT2D eigenvalue weighted by atomic mass is 10.4. The molecule has 1 heterocycles. The van der Waals surface area contributed by atoms with Crippen LogP contribution in [-0.2, 0) is 13.5 Å². The summed E-state index contributed by atoms with van der Waals surface area (Å²) in [5.74, 6) is 0. The molecule has 0 aromatic carbocycles. The fourth-order valence-electron chi connectivity index (χ4n) is 0.650. The van der Waals surface area contributed by atoms with Crippen LogP contribution < -0.4 is 0 Å². The fraction of sp³-hybridized carbons (Fsp3) is 0.500. The van der Waals surface area contributed by atoms with Gasteiger partial charge < -0.3 is 4.57 Å². The Balaban J connectivity index is 2.84. The van der Waals surface area contributed by atoms with Gasteiger partial charge in [0.2, 0.25) is 0 Å². The molecule has 0 spiro atoms. The average Bonchev–Trinajstić information content (AvgIpc) is 2.14. The number of hydrogen-bond donors (Lipinski definition) is 0. The Hall–Kier alpha value is -0.790. The summed E-state index contributed by atoms with van der Waals surface area (Å²) in [5, 5.41) is 0. The first-order valence-corrected chi connectivity index (χ1v) is 2.79. The maximum atomic E-state index is 4.10. The van der Waals surface area contributed by atoms with E-state index >= 15 is 0 Å². The van der Waals surface area contributed by atoms with E-state index in [1.807, 2.05) is 24.1 Å². The van der Waals surface area contributed by atoms with E-state index in [0.717, 1.165) is 12.1 Å². The molecular formula is C6H10N2. The van der Waals surface area contributed by atoms with Crippen LogP contribution in [-0.4, -0.2) is 9.55 Å². The molecule has 8 heavy (non-hydrogen) atoms. The summed E-state index contributed by atoms with van der Waals surface area (Å²) in [6.45, 7) is 2.10. The fourth-order valence-corrected chi connectivity index (χ4v) is 0.650. The molecule has 0 aliphatic carbocycles. The van der Waals surface area contributed by atoms with Gasteiger partial charge in [0.15, 0.2) is 0 Å². The van der Waals surface area contributed by atoms with Crippen molar-refractivity contribution in [1.29, 1.82) is 0 Å². The normalized spacial score (nSPS) is 9.75. The zero-order valence-corrected chi connectivity index (χ0v) is 5.26. The molecule has 0 fully saturated rings. The Morgan fingerprint density at radius 1 is 1.75 bits per heavy atom. The van der Waals surface area contributed by atoms with Crippen LogP contribution >= 0.6 is 0 Å². The topological polar surface area (TPSA) is 17.8 Å². The van der Waals surface area contributed by atoms with Crippen LogP contribution in [0.15, 0.2) is 12.5 Å². The predicted octanol–water partition coefficient (Wildman–Crippen LogP) is 0.982. The van der Waals surface area contributed by atoms with E-state index in [1.54, 1.807) is 0 Å². The quantitative estimate of drug-likeness (QED) is 0.527. The Morgan fingerprint density at radius 3 is 2.75 bits per heavy atom. The lowest BCUT2D eigenvalue weighted by molar-refractivity contribution is 0.912. The first-order chi connectivity index (χ1) is 3.83. The second-order valence-electron chi connectivity index (χ2n) is 1.88. The molecule has 0 atom stereocenters. The van der Waals surface area contributed by atoms with E-state index in [4.69, 9.17) is 0 Å². The van der Waals surface area contributed by atoms with Crippen molar-refractivity contribution < 1.29 is 0 Å². The van der Waals surface area contributed by atoms with Gasteiger partial charge >= 0.3 is 0 Å². The molecule has 0 radical (unpaired) electrons. The lowest BCUT2D eigenvalue weighted by Gasteiger charge is -1.81. The van der Waals surface area contributed by atoms with Gasteiger partial charge in [-0.05, 0) is 6.42 Å². The monoisotopic (exact) mass is 110 g/mol. The standard InChI is InChI=1S/C6H10N2/c1-3-6-4-8(2)5-7-6/h4-5H,3H2,1-2H3. The van der Waals surface area contributed by atoms with Crippen molar-refractivity contribution in [3.63, 3.8) is 0 Å². The van der Waals surface area contributed by atoms with E-state index in [1.165, 1.54) is 0 Å². The first kappa shape index (κ1) is 5.35. The van der Waals surface area contributed by atoms with Crippen molar-refractivity contribution in [1.82, 2.24) is 9.55 Å². The summed E-state index contributed by atoms with van der Waals surface area (Å²) in [5.41, 5.74) is 1.16. The zero-order chi connectivity index (χ0) is 5.98. The van der Waals surface area contributed by atoms with Gasteiger partial charge in [0, 0.05) is 13.2 Å². The van der Waals surface area contributed by atoms with Crippen LogP contribution in [0.3, 0.4) is 0 Å². The number of aromatic nitrogens is 2. The molecule has 0 saturated heterocycles. The molecule has 0 bridgehead atoms. The van der Waals surface area contributed by atoms with Crippen molar-refractivity contribution in [2.75, 3.05) is 0 Å². The SMILES string of the molecule is CCc1cn(C)cn1. The van der Waals surface area contributed by atoms with E-state index < -0.39 is 0 Å². The van der Waals surface area contributed by atoms with Crippen LogP contribution in [0.2, 0.25) is 0 Å². The molecule has 1 aromatic heterocycles. The molecule has 0 aliphatic rings. The molecule has 44 valence electrons. The van der Waals surface area contributed by atoms with Crippen molar-refractivity contribution in [2.24, 2.45) is 7.05 Å². The minimum atomic E-state index is 1.03. The van der Waals surface area contributed by atoms with Gasteiger partial charge in [-0.15, -0.1) is 0 Å². The summed E-state index contributed by atoms with van der Waals surface area (Å²) in [7, 11) is 1.98. The van der Waals surface area contributed by atoms with Crippen LogP contribution in [0.5, 0.6) is 0 Å². The van der Waals surface area contributed by atoms with Crippen LogP contribution in [0.1, 0.15) is 12.6 Å². The van der Waals surface area contributed by atoms with E-state index in [-0.39, 0.29) is 0 Å². The largest absolute Gasteiger partial charge is 0.340 e. The molecule has 1 aromatic rings. The minimum Gasteiger partial charge on any atom is -0.340 e. The Morgan fingerprint density at radius 2 is 2.50 bits per heavy atom. The summed E-state index contributed by atoms with van der Waals surface area (Å²) in [6, 6.07) is 0. The highest BCUT2D eigenvalue weighted by Gasteiger charge is 1.88. The number of hydrogen-bond acceptors (Lipinski definition) is 1. The number of aryl methyl sites for hydroxylation is 2. The van der Waals surface area contributed by atoms with Crippen LogP contribution in [0.4, 0.5) is 0 Å². The highest BCUT2D eigenvalue weighted by Crippen LogP contribution is 1.92. The van der Waals surface area contributed by atoms with Gasteiger partial charge in [0.05, 0.1) is 12.0 Å². The third-order valence-corrected chi connectivity index (χ3v) is 1.12. The second-order valence-corrected chi connectivity index (χ2v) is 1.88. The molecular weight excluding hydrogens is 100 g/mol. The van der Waals surface area contributed by atoms with Crippen molar-refractivity contribution >= 4 is 0 Å². The summed E-state index contributed by atoms with van der Waals surface area (Å²) < 4.78 is 1.96. The van der Waals surface area contributed by atoms with Gasteiger partial charge in [0.1, 0.15) is 0 Å². The first-order valence-electron chi connectivity index (χ1n) is 2.79. The molecule has 1 rings (SSSR count). The molecule has 0 saturated carbocycles. The molecule has 2 heteroatoms. The van der Waals surface area contributed by atoms with E-state index in [9.17, 15) is 0 Å². The molecule has 0 unspecified atom stereocenters. The van der Waals surface area contributed by atoms with Gasteiger partial charge in [-0.25, -0.2) is 4.98 Å². The maximum Gasteiger partial charge on any atom is 0.0946 e. The lowest BCUT2D eigenvalue weighted by Crippen LogP contribution is -1.78. The third kappa shape index (κ3) is 0.886. The van der Waals surface area contributed by atoms with Crippen LogP contribution in [0.25, 0.3) is 0 Å². The van der Waals surface area contributed by atoms with Gasteiger partial charge in [-0.1, -0.05) is 6.92 Å². The van der Waals surface area contributed by atoms with Crippen molar-refractivity contribution in [3.05, 3.63) is 18.2 Å². The molecule has 0 amide bonds. The summed E-state index contributed by atoms with van der Waals surface area (Å²) in [6.07, 6.45) is 4.87. The summed E-state index contributed by atoms with van der Waals surface area (Å²) >= 11 is 0. The smallest absolute Gasteiger partial charge is 0.0946 e. The van der Waals surface area contributed by atoms with Gasteiger partial charge in [0.25, 0.3) is 0 Å². The predicted molar refractivity (Wildman–Crippen MR) is 32.6 cm³/mol. The highest BCUT2D eigenvalue weighted by atomic mass is 15.0. The maximum absolute atomic E-state index is 4.10. The number of rotatable bonds is 1. The van der Waals surface area contributed by atoms with E-state index in [0.29, 0.717) is 0 Å². The average molecular weight is 110 g/mol. The Labute approximate surface area is 49.2 Å². The molecule has 0 aliphatic heterocycles. The van der Waals surface area contributed by atoms with Crippen molar-refractivity contribution in [3.8, 4) is 0 Å². The zero-order valence-electron chi connectivity index (χ0n) is 5.26. The Kier molecular flexibility index (Phi) is 1.33. The van der Waals surface area contributed by atoms with Crippen LogP contribution in [0, 0.1) is 0 Å². The van der Waals surface area contributed by atoms with E-state index in [2.05, 4.69) is 11.9 Å². The molecule has 0 N–H and O–H groups in total. The summed E-state index contributed by atoms with van der Waals surface area (Å²) in [4.78, 5) is 4.10. The Bertz CT molecular complexity index is 167. The second kappa shape index (κ2) is 1.99. The van der Waals surface area contributed by atoms with Gasteiger partial charge in [-0.3, -0.25) is 0 Å². The van der Waals surface area contributed by atoms with Crippen molar-refractivity contribution in [2.45, 2.75) is 13.3 Å². The highest BCUT2D eigenvalue weighted by molar-refractivity contribution is 4.94. The number of imidazole rings is 1. The third-order valence-electron chi connectivity index (χ3n) is 1.12. The number of nitrogens with zero attached hydrogens (tertiary/aromatic N) is 2. The molecule has 2 nitrogen and oxygen atoms in total.